The Morgan fingerprint density at radius 3 is 2.45 bits per heavy atom. The fourth-order valence-corrected chi connectivity index (χ4v) is 2.96. The number of nitrogen functional groups attached to an aromatic ring is 1. The second-order valence-corrected chi connectivity index (χ2v) is 5.55. The van der Waals surface area contributed by atoms with Crippen molar-refractivity contribution in [2.75, 3.05) is 18.0 Å². The van der Waals surface area contributed by atoms with Crippen molar-refractivity contribution in [1.82, 2.24) is 10.4 Å². The summed E-state index contributed by atoms with van der Waals surface area (Å²) in [5, 5.41) is 0. The van der Waals surface area contributed by atoms with Crippen LogP contribution in [0.4, 0.5) is 5.82 Å². The molecule has 3 N–H and O–H groups in total. The summed E-state index contributed by atoms with van der Waals surface area (Å²) in [5.41, 5.74) is 4.01. The van der Waals surface area contributed by atoms with Gasteiger partial charge in [0.05, 0.1) is 5.56 Å². The van der Waals surface area contributed by atoms with Gasteiger partial charge in [0, 0.05) is 19.3 Å². The van der Waals surface area contributed by atoms with Crippen molar-refractivity contribution in [3.8, 4) is 0 Å². The van der Waals surface area contributed by atoms with Gasteiger partial charge in [-0.2, -0.15) is 0 Å². The number of aromatic nitrogens is 1. The first kappa shape index (κ1) is 14.5. The fourth-order valence-electron chi connectivity index (χ4n) is 2.96. The summed E-state index contributed by atoms with van der Waals surface area (Å²) < 4.78 is 0. The Bertz CT molecular complexity index is 619. The fraction of sp³-hybridized carbons (Fsp3) is 0.294. The number of hydrazine groups is 1. The van der Waals surface area contributed by atoms with Gasteiger partial charge < -0.3 is 4.90 Å². The highest BCUT2D eigenvalue weighted by molar-refractivity contribution is 5.93. The predicted octanol–water partition coefficient (Wildman–Crippen LogP) is 2.07. The third kappa shape index (κ3) is 3.09. The SMILES string of the molecule is NNC(=O)c1ccc(N2CCC(c3ccccc3)CC2)nc1. The summed E-state index contributed by atoms with van der Waals surface area (Å²) in [6.07, 6.45) is 3.81. The molecule has 1 saturated heterocycles. The third-order valence-corrected chi connectivity index (χ3v) is 4.23. The number of benzene rings is 1. The van der Waals surface area contributed by atoms with Crippen molar-refractivity contribution in [2.45, 2.75) is 18.8 Å². The Morgan fingerprint density at radius 2 is 1.86 bits per heavy atom. The quantitative estimate of drug-likeness (QED) is 0.517. The van der Waals surface area contributed by atoms with E-state index in [0.717, 1.165) is 31.7 Å². The zero-order chi connectivity index (χ0) is 15.4. The number of nitrogens with two attached hydrogens (primary N) is 1. The summed E-state index contributed by atoms with van der Waals surface area (Å²) in [5.74, 6) is 6.34. The molecule has 0 radical (unpaired) electrons. The maximum Gasteiger partial charge on any atom is 0.266 e. The van der Waals surface area contributed by atoms with Crippen LogP contribution in [0.2, 0.25) is 0 Å². The molecule has 1 amide bonds. The molecule has 1 aromatic carbocycles. The highest BCUT2D eigenvalue weighted by Gasteiger charge is 2.21. The van der Waals surface area contributed by atoms with E-state index in [4.69, 9.17) is 5.84 Å². The highest BCUT2D eigenvalue weighted by Crippen LogP contribution is 2.29. The lowest BCUT2D eigenvalue weighted by molar-refractivity contribution is 0.0953. The Kier molecular flexibility index (Phi) is 4.34. The van der Waals surface area contributed by atoms with Crippen LogP contribution in [0.25, 0.3) is 0 Å². The standard InChI is InChI=1S/C17H20N4O/c18-20-17(22)15-6-7-16(19-12-15)21-10-8-14(9-11-21)13-4-2-1-3-5-13/h1-7,12,14H,8-11,18H2,(H,20,22). The Morgan fingerprint density at radius 1 is 1.14 bits per heavy atom. The molecule has 0 atom stereocenters. The molecule has 22 heavy (non-hydrogen) atoms. The summed E-state index contributed by atoms with van der Waals surface area (Å²) >= 11 is 0. The van der Waals surface area contributed by atoms with Crippen LogP contribution in [0.3, 0.4) is 0 Å². The summed E-state index contributed by atoms with van der Waals surface area (Å²) in [6, 6.07) is 14.3. The molecule has 0 unspecified atom stereocenters. The first-order valence-electron chi connectivity index (χ1n) is 7.55. The molecule has 1 fully saturated rings. The summed E-state index contributed by atoms with van der Waals surface area (Å²) in [6.45, 7) is 1.96. The van der Waals surface area contributed by atoms with E-state index in [2.05, 4.69) is 45.6 Å². The number of carbonyl (C=O) groups is 1. The van der Waals surface area contributed by atoms with Crippen LogP contribution in [0.1, 0.15) is 34.7 Å². The molecule has 0 bridgehead atoms. The molecule has 5 nitrogen and oxygen atoms in total. The van der Waals surface area contributed by atoms with Gasteiger partial charge in [-0.15, -0.1) is 0 Å². The molecule has 0 saturated carbocycles. The van der Waals surface area contributed by atoms with Crippen molar-refractivity contribution in [3.05, 3.63) is 59.8 Å². The van der Waals surface area contributed by atoms with Crippen molar-refractivity contribution in [1.29, 1.82) is 0 Å². The highest BCUT2D eigenvalue weighted by atomic mass is 16.2. The lowest BCUT2D eigenvalue weighted by atomic mass is 9.89. The number of anilines is 1. The van der Waals surface area contributed by atoms with Crippen molar-refractivity contribution in [2.24, 2.45) is 5.84 Å². The van der Waals surface area contributed by atoms with E-state index in [1.165, 1.54) is 5.56 Å². The minimum atomic E-state index is -0.318. The number of rotatable bonds is 3. The van der Waals surface area contributed by atoms with Crippen molar-refractivity contribution in [3.63, 3.8) is 0 Å². The number of pyridine rings is 1. The maximum atomic E-state index is 11.4. The Labute approximate surface area is 130 Å². The minimum absolute atomic E-state index is 0.318. The van der Waals surface area contributed by atoms with Gasteiger partial charge in [-0.25, -0.2) is 10.8 Å². The molecule has 2 heterocycles. The number of piperidine rings is 1. The average molecular weight is 296 g/mol. The van der Waals surface area contributed by atoms with Crippen LogP contribution < -0.4 is 16.2 Å². The first-order chi connectivity index (χ1) is 10.8. The molecule has 2 aromatic rings. The topological polar surface area (TPSA) is 71.2 Å². The van der Waals surface area contributed by atoms with Crippen LogP contribution >= 0.6 is 0 Å². The Balaban J connectivity index is 1.63. The number of hydrogen-bond donors (Lipinski definition) is 2. The molecular weight excluding hydrogens is 276 g/mol. The number of nitrogens with zero attached hydrogens (tertiary/aromatic N) is 2. The van der Waals surface area contributed by atoms with Crippen molar-refractivity contribution >= 4 is 11.7 Å². The molecule has 0 aliphatic carbocycles. The number of carbonyl (C=O) groups excluding carboxylic acids is 1. The summed E-state index contributed by atoms with van der Waals surface area (Å²) in [4.78, 5) is 18.1. The normalized spacial score (nSPS) is 15.6. The van der Waals surface area contributed by atoms with E-state index < -0.39 is 0 Å². The van der Waals surface area contributed by atoms with Gasteiger partial charge in [0.1, 0.15) is 5.82 Å². The van der Waals surface area contributed by atoms with Crippen LogP contribution in [-0.4, -0.2) is 24.0 Å². The number of amides is 1. The molecule has 1 aromatic heterocycles. The lowest BCUT2D eigenvalue weighted by Gasteiger charge is -2.33. The average Bonchev–Trinajstić information content (AvgIpc) is 2.62. The maximum absolute atomic E-state index is 11.4. The van der Waals surface area contributed by atoms with Crippen LogP contribution in [0.15, 0.2) is 48.7 Å². The zero-order valence-corrected chi connectivity index (χ0v) is 12.4. The van der Waals surface area contributed by atoms with Crippen LogP contribution in [0, 0.1) is 0 Å². The van der Waals surface area contributed by atoms with E-state index in [1.54, 1.807) is 12.3 Å². The molecular formula is C17H20N4O. The van der Waals surface area contributed by atoms with Crippen LogP contribution in [-0.2, 0) is 0 Å². The number of hydrogen-bond acceptors (Lipinski definition) is 4. The second-order valence-electron chi connectivity index (χ2n) is 5.55. The van der Waals surface area contributed by atoms with Gasteiger partial charge >= 0.3 is 0 Å². The molecule has 114 valence electrons. The molecule has 3 rings (SSSR count). The van der Waals surface area contributed by atoms with Gasteiger partial charge in [-0.05, 0) is 36.5 Å². The Hall–Kier alpha value is -2.40. The molecule has 0 spiro atoms. The lowest BCUT2D eigenvalue weighted by Crippen LogP contribution is -2.34. The second kappa shape index (κ2) is 6.58. The predicted molar refractivity (Wildman–Crippen MR) is 86.5 cm³/mol. The molecule has 1 aliphatic rings. The van der Waals surface area contributed by atoms with Crippen molar-refractivity contribution < 1.29 is 4.79 Å². The van der Waals surface area contributed by atoms with Gasteiger partial charge in [-0.1, -0.05) is 30.3 Å². The third-order valence-electron chi connectivity index (χ3n) is 4.23. The molecule has 1 aliphatic heterocycles. The van der Waals surface area contributed by atoms with E-state index >= 15 is 0 Å². The first-order valence-corrected chi connectivity index (χ1v) is 7.55. The molecule has 5 heteroatoms. The van der Waals surface area contributed by atoms with E-state index in [9.17, 15) is 4.79 Å². The van der Waals surface area contributed by atoms with E-state index in [-0.39, 0.29) is 5.91 Å². The van der Waals surface area contributed by atoms with E-state index in [1.807, 2.05) is 6.07 Å². The van der Waals surface area contributed by atoms with Gasteiger partial charge in [0.25, 0.3) is 5.91 Å². The minimum Gasteiger partial charge on any atom is -0.357 e. The smallest absolute Gasteiger partial charge is 0.266 e. The summed E-state index contributed by atoms with van der Waals surface area (Å²) in [7, 11) is 0. The zero-order valence-electron chi connectivity index (χ0n) is 12.4. The van der Waals surface area contributed by atoms with Gasteiger partial charge in [0.15, 0.2) is 0 Å². The van der Waals surface area contributed by atoms with Crippen LogP contribution in [0.5, 0.6) is 0 Å². The monoisotopic (exact) mass is 296 g/mol. The van der Waals surface area contributed by atoms with Gasteiger partial charge in [-0.3, -0.25) is 10.2 Å². The largest absolute Gasteiger partial charge is 0.357 e. The van der Waals surface area contributed by atoms with Gasteiger partial charge in [0.2, 0.25) is 0 Å². The van der Waals surface area contributed by atoms with E-state index in [0.29, 0.717) is 11.5 Å². The number of nitrogens with one attached hydrogen (secondary N) is 1.